The summed E-state index contributed by atoms with van der Waals surface area (Å²) in [6, 6.07) is 6.51. The van der Waals surface area contributed by atoms with Crippen LogP contribution in [-0.2, 0) is 4.79 Å². The summed E-state index contributed by atoms with van der Waals surface area (Å²) in [6.45, 7) is 0.605. The average molecular weight is 334 g/mol. The lowest BCUT2D eigenvalue weighted by atomic mass is 10.1. The molecule has 0 unspecified atom stereocenters. The normalized spacial score (nSPS) is 10.3. The zero-order valence-corrected chi connectivity index (χ0v) is 14.0. The molecular weight excluding hydrogens is 308 g/mol. The Morgan fingerprint density at radius 3 is 2.12 bits per heavy atom. The SMILES string of the molecule is O=NC(=O)CCCCCCCCCCNC(=O)c1ccccc1O. The van der Waals surface area contributed by atoms with Gasteiger partial charge in [-0.2, -0.15) is 0 Å². The Kier molecular flexibility index (Phi) is 10.1. The summed E-state index contributed by atoms with van der Waals surface area (Å²) in [4.78, 5) is 32.4. The summed E-state index contributed by atoms with van der Waals surface area (Å²) in [5.41, 5.74) is 0.306. The van der Waals surface area contributed by atoms with Crippen molar-refractivity contribution < 1.29 is 14.7 Å². The van der Waals surface area contributed by atoms with Crippen LogP contribution in [0.1, 0.15) is 68.1 Å². The summed E-state index contributed by atoms with van der Waals surface area (Å²) >= 11 is 0. The third-order valence-electron chi connectivity index (χ3n) is 3.85. The molecule has 0 atom stereocenters. The number of aromatic hydroxyl groups is 1. The molecule has 1 aromatic rings. The number of unbranched alkanes of at least 4 members (excludes halogenated alkanes) is 7. The molecule has 2 amide bonds. The van der Waals surface area contributed by atoms with E-state index in [1.54, 1.807) is 18.2 Å². The largest absolute Gasteiger partial charge is 0.507 e. The molecule has 132 valence electrons. The summed E-state index contributed by atoms with van der Waals surface area (Å²) < 4.78 is 0. The van der Waals surface area contributed by atoms with E-state index in [1.165, 1.54) is 6.07 Å². The van der Waals surface area contributed by atoms with Crippen molar-refractivity contribution in [2.75, 3.05) is 6.54 Å². The number of nitrogens with zero attached hydrogens (tertiary/aromatic N) is 1. The van der Waals surface area contributed by atoms with Crippen molar-refractivity contribution in [2.45, 2.75) is 57.8 Å². The highest BCUT2D eigenvalue weighted by atomic mass is 16.3. The number of hydrogen-bond acceptors (Lipinski definition) is 4. The second-order valence-electron chi connectivity index (χ2n) is 5.84. The minimum atomic E-state index is -0.555. The number of nitroso groups, excluding NO2 is 1. The van der Waals surface area contributed by atoms with Crippen LogP contribution in [0.15, 0.2) is 29.4 Å². The van der Waals surface area contributed by atoms with Gasteiger partial charge in [0.1, 0.15) is 5.75 Å². The van der Waals surface area contributed by atoms with Crippen LogP contribution < -0.4 is 5.32 Å². The predicted octanol–water partition coefficient (Wildman–Crippen LogP) is 3.93. The number of phenolic OH excluding ortho intramolecular Hbond substituents is 1. The molecule has 6 nitrogen and oxygen atoms in total. The van der Waals surface area contributed by atoms with Gasteiger partial charge in [-0.25, -0.2) is 0 Å². The van der Waals surface area contributed by atoms with Crippen LogP contribution in [0.4, 0.5) is 0 Å². The number of nitrogens with one attached hydrogen (secondary N) is 1. The zero-order chi connectivity index (χ0) is 17.6. The van der Waals surface area contributed by atoms with Gasteiger partial charge in [0.05, 0.1) is 5.56 Å². The Bertz CT molecular complexity index is 532. The van der Waals surface area contributed by atoms with E-state index in [0.29, 0.717) is 12.1 Å². The molecule has 0 radical (unpaired) electrons. The van der Waals surface area contributed by atoms with Crippen LogP contribution in [0.25, 0.3) is 0 Å². The van der Waals surface area contributed by atoms with Gasteiger partial charge in [-0.3, -0.25) is 9.59 Å². The molecule has 0 aliphatic carbocycles. The number of amides is 2. The maximum absolute atomic E-state index is 11.8. The molecule has 0 aliphatic rings. The Balaban J connectivity index is 1.94. The summed E-state index contributed by atoms with van der Waals surface area (Å²) in [5, 5.41) is 14.8. The molecule has 0 saturated carbocycles. The van der Waals surface area contributed by atoms with E-state index >= 15 is 0 Å². The van der Waals surface area contributed by atoms with Gasteiger partial charge in [-0.1, -0.05) is 50.7 Å². The van der Waals surface area contributed by atoms with Crippen molar-refractivity contribution in [1.82, 2.24) is 5.32 Å². The molecule has 0 spiro atoms. The van der Waals surface area contributed by atoms with E-state index in [4.69, 9.17) is 0 Å². The van der Waals surface area contributed by atoms with Crippen LogP contribution in [-0.4, -0.2) is 23.5 Å². The fourth-order valence-electron chi connectivity index (χ4n) is 2.47. The molecule has 1 aromatic carbocycles. The van der Waals surface area contributed by atoms with Gasteiger partial charge in [-0.05, 0) is 25.0 Å². The van der Waals surface area contributed by atoms with E-state index in [2.05, 4.69) is 10.5 Å². The van der Waals surface area contributed by atoms with Crippen LogP contribution in [0.2, 0.25) is 0 Å². The van der Waals surface area contributed by atoms with Crippen molar-refractivity contribution in [3.05, 3.63) is 34.7 Å². The van der Waals surface area contributed by atoms with Gasteiger partial charge in [0, 0.05) is 18.1 Å². The quantitative estimate of drug-likeness (QED) is 0.447. The highest BCUT2D eigenvalue weighted by Crippen LogP contribution is 2.15. The molecule has 0 bridgehead atoms. The molecule has 0 heterocycles. The molecule has 0 aromatic heterocycles. The molecule has 2 N–H and O–H groups in total. The second kappa shape index (κ2) is 12.2. The van der Waals surface area contributed by atoms with Crippen molar-refractivity contribution in [1.29, 1.82) is 0 Å². The third kappa shape index (κ3) is 8.41. The van der Waals surface area contributed by atoms with Crippen molar-refractivity contribution in [3.8, 4) is 5.75 Å². The minimum absolute atomic E-state index is 0.000577. The van der Waals surface area contributed by atoms with Gasteiger partial charge in [0.2, 0.25) is 0 Å². The van der Waals surface area contributed by atoms with E-state index in [1.807, 2.05) is 0 Å². The van der Waals surface area contributed by atoms with Gasteiger partial charge in [0.25, 0.3) is 11.8 Å². The van der Waals surface area contributed by atoms with E-state index in [9.17, 15) is 19.6 Å². The number of hydrogen-bond donors (Lipinski definition) is 2. The van der Waals surface area contributed by atoms with E-state index < -0.39 is 5.91 Å². The zero-order valence-electron chi connectivity index (χ0n) is 14.0. The molecule has 1 rings (SSSR count). The highest BCUT2D eigenvalue weighted by molar-refractivity contribution is 5.96. The first-order valence-electron chi connectivity index (χ1n) is 8.57. The number of para-hydroxylation sites is 1. The first-order valence-corrected chi connectivity index (χ1v) is 8.57. The Hall–Kier alpha value is -2.24. The standard InChI is InChI=1S/C18H26N2O4/c21-16-12-9-8-11-15(16)18(23)19-14-10-6-4-2-1-3-5-7-13-17(22)20-24/h8-9,11-12,21H,1-7,10,13-14H2,(H,19,23). The topological polar surface area (TPSA) is 95.8 Å². The van der Waals surface area contributed by atoms with E-state index in [0.717, 1.165) is 51.4 Å². The fourth-order valence-corrected chi connectivity index (χ4v) is 2.47. The molecule has 0 aliphatic heterocycles. The Morgan fingerprint density at radius 2 is 1.50 bits per heavy atom. The molecule has 24 heavy (non-hydrogen) atoms. The van der Waals surface area contributed by atoms with Crippen molar-refractivity contribution in [3.63, 3.8) is 0 Å². The minimum Gasteiger partial charge on any atom is -0.507 e. The van der Waals surface area contributed by atoms with Crippen LogP contribution in [0, 0.1) is 4.91 Å². The van der Waals surface area contributed by atoms with Gasteiger partial charge < -0.3 is 10.4 Å². The lowest BCUT2D eigenvalue weighted by molar-refractivity contribution is -0.118. The summed E-state index contributed by atoms with van der Waals surface area (Å²) in [7, 11) is 0. The highest BCUT2D eigenvalue weighted by Gasteiger charge is 2.08. The first-order chi connectivity index (χ1) is 11.6. The molecule has 6 heteroatoms. The molecule has 0 fully saturated rings. The number of rotatable bonds is 12. The second-order valence-corrected chi connectivity index (χ2v) is 5.84. The number of phenols is 1. The number of carbonyl (C=O) groups is 2. The Morgan fingerprint density at radius 1 is 0.917 bits per heavy atom. The number of carbonyl (C=O) groups excluding carboxylic acids is 2. The number of benzene rings is 1. The van der Waals surface area contributed by atoms with Gasteiger partial charge in [0.15, 0.2) is 0 Å². The maximum Gasteiger partial charge on any atom is 0.286 e. The van der Waals surface area contributed by atoms with Crippen molar-refractivity contribution >= 4 is 11.8 Å². The molecular formula is C18H26N2O4. The monoisotopic (exact) mass is 334 g/mol. The summed E-state index contributed by atoms with van der Waals surface area (Å²) in [5.74, 6) is -0.797. The molecule has 0 saturated heterocycles. The van der Waals surface area contributed by atoms with Crippen LogP contribution in [0.3, 0.4) is 0 Å². The van der Waals surface area contributed by atoms with Gasteiger partial charge >= 0.3 is 0 Å². The summed E-state index contributed by atoms with van der Waals surface area (Å²) in [6.07, 6.45) is 8.35. The predicted molar refractivity (Wildman–Crippen MR) is 92.8 cm³/mol. The fraction of sp³-hybridized carbons (Fsp3) is 0.556. The lowest BCUT2D eigenvalue weighted by Crippen LogP contribution is -2.24. The smallest absolute Gasteiger partial charge is 0.286 e. The maximum atomic E-state index is 11.8. The van der Waals surface area contributed by atoms with Crippen LogP contribution in [0.5, 0.6) is 5.75 Å². The lowest BCUT2D eigenvalue weighted by Gasteiger charge is -2.06. The Labute approximate surface area is 142 Å². The van der Waals surface area contributed by atoms with Crippen molar-refractivity contribution in [2.24, 2.45) is 5.18 Å². The van der Waals surface area contributed by atoms with Crippen LogP contribution >= 0.6 is 0 Å². The van der Waals surface area contributed by atoms with E-state index in [-0.39, 0.29) is 18.1 Å². The first kappa shape index (κ1) is 19.8. The average Bonchev–Trinajstić information content (AvgIpc) is 2.59. The third-order valence-corrected chi connectivity index (χ3v) is 3.85. The van der Waals surface area contributed by atoms with Gasteiger partial charge in [-0.15, -0.1) is 4.91 Å².